The molecule has 0 aromatic heterocycles. The molecule has 2 rings (SSSR count). The maximum Gasteiger partial charge on any atom is 0.251 e. The van der Waals surface area contributed by atoms with Gasteiger partial charge in [-0.2, -0.15) is 11.8 Å². The molecule has 1 aromatic rings. The van der Waals surface area contributed by atoms with Crippen LogP contribution in [-0.4, -0.2) is 45.9 Å². The summed E-state index contributed by atoms with van der Waals surface area (Å²) in [6, 6.07) is 8.79. The SMILES string of the molecule is O=C(NC1(CO)CSCC1O)c1ccccc1. The lowest BCUT2D eigenvalue weighted by molar-refractivity contribution is 0.0468. The van der Waals surface area contributed by atoms with E-state index in [2.05, 4.69) is 5.32 Å². The maximum atomic E-state index is 12.0. The van der Waals surface area contributed by atoms with Gasteiger partial charge in [-0.05, 0) is 12.1 Å². The summed E-state index contributed by atoms with van der Waals surface area (Å²) in [6.07, 6.45) is -0.704. The predicted molar refractivity (Wildman–Crippen MR) is 67.1 cm³/mol. The van der Waals surface area contributed by atoms with Gasteiger partial charge in [-0.3, -0.25) is 4.79 Å². The van der Waals surface area contributed by atoms with Gasteiger partial charge in [0.15, 0.2) is 0 Å². The summed E-state index contributed by atoms with van der Waals surface area (Å²) in [4.78, 5) is 12.0. The van der Waals surface area contributed by atoms with E-state index in [4.69, 9.17) is 0 Å². The summed E-state index contributed by atoms with van der Waals surface area (Å²) >= 11 is 1.53. The van der Waals surface area contributed by atoms with Gasteiger partial charge >= 0.3 is 0 Å². The Morgan fingerprint density at radius 2 is 2.18 bits per heavy atom. The van der Waals surface area contributed by atoms with Crippen LogP contribution in [0.15, 0.2) is 30.3 Å². The lowest BCUT2D eigenvalue weighted by atomic mass is 9.96. The molecule has 0 aliphatic carbocycles. The second-order valence-electron chi connectivity index (χ2n) is 4.17. The number of carbonyl (C=O) groups is 1. The van der Waals surface area contributed by atoms with Crippen molar-refractivity contribution < 1.29 is 15.0 Å². The number of carbonyl (C=O) groups excluding carboxylic acids is 1. The molecule has 1 aromatic carbocycles. The molecule has 1 heterocycles. The van der Waals surface area contributed by atoms with Crippen LogP contribution in [-0.2, 0) is 0 Å². The molecule has 0 saturated carbocycles. The van der Waals surface area contributed by atoms with E-state index in [0.29, 0.717) is 17.1 Å². The minimum absolute atomic E-state index is 0.250. The zero-order chi connectivity index (χ0) is 12.3. The summed E-state index contributed by atoms with van der Waals surface area (Å²) in [5.41, 5.74) is -0.373. The fourth-order valence-corrected chi connectivity index (χ4v) is 3.19. The first-order chi connectivity index (χ1) is 8.18. The predicted octanol–water partition coefficient (Wildman–Crippen LogP) is 0.255. The van der Waals surface area contributed by atoms with Crippen molar-refractivity contribution in [3.05, 3.63) is 35.9 Å². The first-order valence-corrected chi connectivity index (χ1v) is 6.58. The zero-order valence-electron chi connectivity index (χ0n) is 9.30. The van der Waals surface area contributed by atoms with Crippen molar-refractivity contribution in [3.63, 3.8) is 0 Å². The molecule has 92 valence electrons. The number of benzene rings is 1. The third-order valence-corrected chi connectivity index (χ3v) is 4.22. The van der Waals surface area contributed by atoms with E-state index in [1.54, 1.807) is 24.3 Å². The molecule has 2 unspecified atom stereocenters. The van der Waals surface area contributed by atoms with Crippen molar-refractivity contribution in [2.45, 2.75) is 11.6 Å². The van der Waals surface area contributed by atoms with Crippen molar-refractivity contribution >= 4 is 17.7 Å². The summed E-state index contributed by atoms with van der Waals surface area (Å²) in [5, 5.41) is 22.0. The minimum atomic E-state index is -0.905. The number of thioether (sulfide) groups is 1. The molecule has 5 heteroatoms. The number of aliphatic hydroxyl groups excluding tert-OH is 2. The highest BCUT2D eigenvalue weighted by Gasteiger charge is 2.43. The van der Waals surface area contributed by atoms with Crippen molar-refractivity contribution in [1.29, 1.82) is 0 Å². The molecule has 1 aliphatic heterocycles. The zero-order valence-corrected chi connectivity index (χ0v) is 10.1. The van der Waals surface area contributed by atoms with Gasteiger partial charge in [-0.15, -0.1) is 0 Å². The van der Waals surface area contributed by atoms with Gasteiger partial charge in [0.2, 0.25) is 0 Å². The molecule has 2 atom stereocenters. The number of aliphatic hydroxyl groups is 2. The monoisotopic (exact) mass is 253 g/mol. The highest BCUT2D eigenvalue weighted by Crippen LogP contribution is 2.28. The van der Waals surface area contributed by atoms with E-state index in [-0.39, 0.29) is 12.5 Å². The van der Waals surface area contributed by atoms with Crippen LogP contribution in [0.4, 0.5) is 0 Å². The molecular weight excluding hydrogens is 238 g/mol. The van der Waals surface area contributed by atoms with Crippen molar-refractivity contribution in [3.8, 4) is 0 Å². The van der Waals surface area contributed by atoms with Crippen LogP contribution in [0.2, 0.25) is 0 Å². The fraction of sp³-hybridized carbons (Fsp3) is 0.417. The maximum absolute atomic E-state index is 12.0. The molecule has 1 aliphatic rings. The van der Waals surface area contributed by atoms with Crippen molar-refractivity contribution in [1.82, 2.24) is 5.32 Å². The third-order valence-electron chi connectivity index (χ3n) is 2.95. The lowest BCUT2D eigenvalue weighted by Crippen LogP contribution is -2.59. The number of hydrogen-bond acceptors (Lipinski definition) is 4. The van der Waals surface area contributed by atoms with Crippen molar-refractivity contribution in [2.24, 2.45) is 0 Å². The van der Waals surface area contributed by atoms with E-state index in [1.807, 2.05) is 6.07 Å². The normalized spacial score (nSPS) is 28.0. The van der Waals surface area contributed by atoms with Gasteiger partial charge in [0, 0.05) is 17.1 Å². The molecule has 1 fully saturated rings. The van der Waals surface area contributed by atoms with E-state index in [9.17, 15) is 15.0 Å². The quantitative estimate of drug-likeness (QED) is 0.722. The van der Waals surface area contributed by atoms with E-state index in [0.717, 1.165) is 0 Å². The van der Waals surface area contributed by atoms with Crippen molar-refractivity contribution in [2.75, 3.05) is 18.1 Å². The highest BCUT2D eigenvalue weighted by molar-refractivity contribution is 7.99. The summed E-state index contributed by atoms with van der Waals surface area (Å²) in [6.45, 7) is -0.250. The lowest BCUT2D eigenvalue weighted by Gasteiger charge is -2.30. The molecule has 4 nitrogen and oxygen atoms in total. The Kier molecular flexibility index (Phi) is 3.71. The first-order valence-electron chi connectivity index (χ1n) is 5.42. The van der Waals surface area contributed by atoms with Gasteiger partial charge in [0.25, 0.3) is 5.91 Å². The summed E-state index contributed by atoms with van der Waals surface area (Å²) < 4.78 is 0. The third kappa shape index (κ3) is 2.46. The Morgan fingerprint density at radius 1 is 1.47 bits per heavy atom. The largest absolute Gasteiger partial charge is 0.394 e. The Balaban J connectivity index is 2.12. The van der Waals surface area contributed by atoms with Crippen LogP contribution in [0.3, 0.4) is 0 Å². The van der Waals surface area contributed by atoms with E-state index in [1.165, 1.54) is 11.8 Å². The second-order valence-corrected chi connectivity index (χ2v) is 5.20. The molecule has 0 spiro atoms. The minimum Gasteiger partial charge on any atom is -0.394 e. The van der Waals surface area contributed by atoms with Crippen LogP contribution in [0.25, 0.3) is 0 Å². The highest BCUT2D eigenvalue weighted by atomic mass is 32.2. The molecule has 1 saturated heterocycles. The van der Waals surface area contributed by atoms with Gasteiger partial charge in [-0.1, -0.05) is 18.2 Å². The van der Waals surface area contributed by atoms with Crippen LogP contribution < -0.4 is 5.32 Å². The average Bonchev–Trinajstić information content (AvgIpc) is 2.72. The van der Waals surface area contributed by atoms with Crippen LogP contribution in [0.1, 0.15) is 10.4 Å². The summed E-state index contributed by atoms with van der Waals surface area (Å²) in [5.74, 6) is 0.806. The molecule has 1 amide bonds. The number of amides is 1. The number of rotatable bonds is 3. The van der Waals surface area contributed by atoms with Crippen LogP contribution in [0, 0.1) is 0 Å². The Bertz CT molecular complexity index is 398. The molecular formula is C12H15NO3S. The fourth-order valence-electron chi connectivity index (χ4n) is 1.81. The second kappa shape index (κ2) is 5.08. The summed E-state index contributed by atoms with van der Waals surface area (Å²) in [7, 11) is 0. The first kappa shape index (κ1) is 12.4. The molecule has 0 radical (unpaired) electrons. The number of hydrogen-bond donors (Lipinski definition) is 3. The van der Waals surface area contributed by atoms with Crippen LogP contribution in [0.5, 0.6) is 0 Å². The average molecular weight is 253 g/mol. The Hall–Kier alpha value is -1.04. The van der Waals surface area contributed by atoms with E-state index >= 15 is 0 Å². The van der Waals surface area contributed by atoms with Gasteiger partial charge in [-0.25, -0.2) is 0 Å². The topological polar surface area (TPSA) is 69.6 Å². The Labute approximate surface area is 104 Å². The smallest absolute Gasteiger partial charge is 0.251 e. The van der Waals surface area contributed by atoms with Crippen LogP contribution >= 0.6 is 11.8 Å². The molecule has 3 N–H and O–H groups in total. The molecule has 0 bridgehead atoms. The number of nitrogens with one attached hydrogen (secondary N) is 1. The van der Waals surface area contributed by atoms with E-state index < -0.39 is 11.6 Å². The van der Waals surface area contributed by atoms with Gasteiger partial charge < -0.3 is 15.5 Å². The molecule has 17 heavy (non-hydrogen) atoms. The van der Waals surface area contributed by atoms with Gasteiger partial charge in [0.05, 0.1) is 18.2 Å². The Morgan fingerprint density at radius 3 is 2.71 bits per heavy atom. The standard InChI is InChI=1S/C12H15NO3S/c14-7-12(8-17-6-10(12)15)13-11(16)9-4-2-1-3-5-9/h1-5,10,14-15H,6-8H2,(H,13,16). The van der Waals surface area contributed by atoms with Gasteiger partial charge in [0.1, 0.15) is 0 Å².